The minimum Gasteiger partial charge on any atom is -0.352 e. The zero-order valence-electron chi connectivity index (χ0n) is 15.4. The Bertz CT molecular complexity index is 1150. The zero-order chi connectivity index (χ0) is 20.4. The van der Waals surface area contributed by atoms with E-state index in [2.05, 4.69) is 38.1 Å². The molecule has 0 spiro atoms. The molecule has 0 atom stereocenters. The SMILES string of the molecule is C#Cc1ccc(F)c(Nc2ncnc3ccc(N4CC(NC(=O)C=C)C4)nc23)c1. The van der Waals surface area contributed by atoms with Crippen LogP contribution in [0, 0.1) is 18.2 Å². The lowest BCUT2D eigenvalue weighted by Crippen LogP contribution is -2.59. The number of terminal acetylenes is 1. The van der Waals surface area contributed by atoms with Crippen LogP contribution in [0.3, 0.4) is 0 Å². The van der Waals surface area contributed by atoms with E-state index in [0.29, 0.717) is 35.5 Å². The van der Waals surface area contributed by atoms with Crippen molar-refractivity contribution in [3.05, 3.63) is 60.7 Å². The van der Waals surface area contributed by atoms with Crippen LogP contribution in [-0.2, 0) is 4.79 Å². The molecule has 1 amide bonds. The molecule has 1 aromatic carbocycles. The monoisotopic (exact) mass is 388 g/mol. The van der Waals surface area contributed by atoms with Crippen molar-refractivity contribution in [2.75, 3.05) is 23.3 Å². The molecule has 0 aliphatic carbocycles. The number of carbonyl (C=O) groups is 1. The highest BCUT2D eigenvalue weighted by molar-refractivity contribution is 5.89. The third-order valence-electron chi connectivity index (χ3n) is 4.59. The first-order valence-electron chi connectivity index (χ1n) is 8.90. The summed E-state index contributed by atoms with van der Waals surface area (Å²) in [6.45, 7) is 4.71. The molecule has 1 aliphatic heterocycles. The summed E-state index contributed by atoms with van der Waals surface area (Å²) in [4.78, 5) is 26.5. The van der Waals surface area contributed by atoms with E-state index < -0.39 is 5.82 Å². The van der Waals surface area contributed by atoms with Crippen molar-refractivity contribution in [1.29, 1.82) is 0 Å². The van der Waals surface area contributed by atoms with Gasteiger partial charge in [-0.2, -0.15) is 0 Å². The van der Waals surface area contributed by atoms with Crippen LogP contribution in [-0.4, -0.2) is 40.0 Å². The third kappa shape index (κ3) is 3.71. The van der Waals surface area contributed by atoms with Gasteiger partial charge in [-0.3, -0.25) is 4.79 Å². The van der Waals surface area contributed by atoms with Gasteiger partial charge in [0.25, 0.3) is 0 Å². The van der Waals surface area contributed by atoms with Crippen molar-refractivity contribution in [2.45, 2.75) is 6.04 Å². The van der Waals surface area contributed by atoms with Crippen molar-refractivity contribution < 1.29 is 9.18 Å². The summed E-state index contributed by atoms with van der Waals surface area (Å²) in [5, 5.41) is 5.81. The molecule has 144 valence electrons. The van der Waals surface area contributed by atoms with E-state index in [0.717, 1.165) is 5.82 Å². The third-order valence-corrected chi connectivity index (χ3v) is 4.59. The number of carbonyl (C=O) groups excluding carboxylic acids is 1. The summed E-state index contributed by atoms with van der Waals surface area (Å²) in [6.07, 6.45) is 8.04. The maximum atomic E-state index is 14.2. The smallest absolute Gasteiger partial charge is 0.243 e. The standard InChI is InChI=1S/C21H17FN6O/c1-3-13-5-6-15(22)17(9-13)26-21-20-16(23-12-24-21)7-8-18(27-20)28-10-14(11-28)25-19(29)4-2/h1,4-9,12,14H,2,10-11H2,(H,25,29)(H,23,24,26). The Morgan fingerprint density at radius 1 is 1.31 bits per heavy atom. The number of rotatable bonds is 5. The van der Waals surface area contributed by atoms with Gasteiger partial charge in [0.1, 0.15) is 23.5 Å². The van der Waals surface area contributed by atoms with E-state index in [1.165, 1.54) is 30.6 Å². The number of nitrogens with zero attached hydrogens (tertiary/aromatic N) is 4. The lowest BCUT2D eigenvalue weighted by molar-refractivity contribution is -0.117. The quantitative estimate of drug-likeness (QED) is 0.516. The Kier molecular flexibility index (Phi) is 4.79. The molecular formula is C21H17FN6O. The highest BCUT2D eigenvalue weighted by atomic mass is 19.1. The van der Waals surface area contributed by atoms with Crippen LogP contribution >= 0.6 is 0 Å². The van der Waals surface area contributed by atoms with Crippen LogP contribution in [0.15, 0.2) is 49.3 Å². The second kappa shape index (κ2) is 7.56. The fourth-order valence-corrected chi connectivity index (χ4v) is 3.05. The van der Waals surface area contributed by atoms with Gasteiger partial charge in [0.15, 0.2) is 5.82 Å². The van der Waals surface area contributed by atoms with Gasteiger partial charge in [-0.25, -0.2) is 19.3 Å². The van der Waals surface area contributed by atoms with E-state index in [9.17, 15) is 9.18 Å². The molecule has 1 fully saturated rings. The highest BCUT2D eigenvalue weighted by Gasteiger charge is 2.28. The average molecular weight is 388 g/mol. The van der Waals surface area contributed by atoms with E-state index >= 15 is 0 Å². The number of hydrogen-bond donors (Lipinski definition) is 2. The maximum absolute atomic E-state index is 14.2. The van der Waals surface area contributed by atoms with Gasteiger partial charge in [-0.1, -0.05) is 12.5 Å². The molecule has 1 saturated heterocycles. The minimum atomic E-state index is -0.449. The molecule has 0 saturated carbocycles. The van der Waals surface area contributed by atoms with E-state index in [1.807, 2.05) is 17.0 Å². The maximum Gasteiger partial charge on any atom is 0.243 e. The number of amides is 1. The van der Waals surface area contributed by atoms with Crippen LogP contribution in [0.2, 0.25) is 0 Å². The fraction of sp³-hybridized carbons (Fsp3) is 0.143. The molecule has 0 bridgehead atoms. The van der Waals surface area contributed by atoms with Gasteiger partial charge in [-0.15, -0.1) is 6.42 Å². The van der Waals surface area contributed by atoms with Crippen LogP contribution in [0.5, 0.6) is 0 Å². The van der Waals surface area contributed by atoms with Crippen LogP contribution < -0.4 is 15.5 Å². The number of aromatic nitrogens is 3. The molecule has 3 aromatic rings. The van der Waals surface area contributed by atoms with E-state index in [4.69, 9.17) is 6.42 Å². The number of nitrogens with one attached hydrogen (secondary N) is 2. The minimum absolute atomic E-state index is 0.0446. The van der Waals surface area contributed by atoms with Gasteiger partial charge in [-0.05, 0) is 36.4 Å². The van der Waals surface area contributed by atoms with Gasteiger partial charge >= 0.3 is 0 Å². The predicted octanol–water partition coefficient (Wildman–Crippen LogP) is 2.38. The summed E-state index contributed by atoms with van der Waals surface area (Å²) in [7, 11) is 0. The van der Waals surface area contributed by atoms with Crippen molar-refractivity contribution in [1.82, 2.24) is 20.3 Å². The molecule has 29 heavy (non-hydrogen) atoms. The molecule has 3 heterocycles. The number of hydrogen-bond acceptors (Lipinski definition) is 6. The lowest BCUT2D eigenvalue weighted by Gasteiger charge is -2.40. The van der Waals surface area contributed by atoms with Crippen LogP contribution in [0.4, 0.5) is 21.7 Å². The topological polar surface area (TPSA) is 83.0 Å². The molecule has 2 N–H and O–H groups in total. The average Bonchev–Trinajstić information content (AvgIpc) is 2.71. The largest absolute Gasteiger partial charge is 0.352 e. The zero-order valence-corrected chi connectivity index (χ0v) is 15.4. The lowest BCUT2D eigenvalue weighted by atomic mass is 10.1. The van der Waals surface area contributed by atoms with Crippen LogP contribution in [0.25, 0.3) is 11.0 Å². The molecule has 7 nitrogen and oxygen atoms in total. The Labute approximate surface area is 166 Å². The second-order valence-corrected chi connectivity index (χ2v) is 6.54. The van der Waals surface area contributed by atoms with E-state index in [-0.39, 0.29) is 17.6 Å². The Morgan fingerprint density at radius 2 is 2.14 bits per heavy atom. The Morgan fingerprint density at radius 3 is 2.90 bits per heavy atom. The predicted molar refractivity (Wildman–Crippen MR) is 109 cm³/mol. The Hall–Kier alpha value is -3.99. The second-order valence-electron chi connectivity index (χ2n) is 6.54. The number of anilines is 3. The molecule has 0 radical (unpaired) electrons. The molecular weight excluding hydrogens is 371 g/mol. The first-order valence-corrected chi connectivity index (χ1v) is 8.90. The first-order chi connectivity index (χ1) is 14.1. The summed E-state index contributed by atoms with van der Waals surface area (Å²) in [5.41, 5.74) is 1.89. The van der Waals surface area contributed by atoms with Gasteiger partial charge in [0.05, 0.1) is 17.2 Å². The summed E-state index contributed by atoms with van der Waals surface area (Å²) in [6, 6.07) is 8.09. The normalized spacial score (nSPS) is 13.4. The molecule has 1 aliphatic rings. The number of fused-ring (bicyclic) bond motifs is 1. The van der Waals surface area contributed by atoms with Crippen molar-refractivity contribution in [3.8, 4) is 12.3 Å². The highest BCUT2D eigenvalue weighted by Crippen LogP contribution is 2.27. The molecule has 4 rings (SSSR count). The fourth-order valence-electron chi connectivity index (χ4n) is 3.05. The summed E-state index contributed by atoms with van der Waals surface area (Å²) in [5.74, 6) is 2.93. The van der Waals surface area contributed by atoms with Gasteiger partial charge in [0, 0.05) is 18.7 Å². The summed E-state index contributed by atoms with van der Waals surface area (Å²) >= 11 is 0. The Balaban J connectivity index is 1.60. The summed E-state index contributed by atoms with van der Waals surface area (Å²) < 4.78 is 14.2. The van der Waals surface area contributed by atoms with Gasteiger partial charge in [0.2, 0.25) is 5.91 Å². The van der Waals surface area contributed by atoms with Gasteiger partial charge < -0.3 is 15.5 Å². The van der Waals surface area contributed by atoms with Crippen molar-refractivity contribution in [3.63, 3.8) is 0 Å². The molecule has 8 heteroatoms. The van der Waals surface area contributed by atoms with Crippen molar-refractivity contribution >= 4 is 34.3 Å². The van der Waals surface area contributed by atoms with E-state index in [1.54, 1.807) is 0 Å². The van der Waals surface area contributed by atoms with Crippen LogP contribution in [0.1, 0.15) is 5.56 Å². The number of pyridine rings is 1. The first kappa shape index (κ1) is 18.4. The molecule has 0 unspecified atom stereocenters. The number of halogens is 1. The van der Waals surface area contributed by atoms with Crippen molar-refractivity contribution in [2.24, 2.45) is 0 Å². The molecule has 2 aromatic heterocycles. The number of benzene rings is 1.